The van der Waals surface area contributed by atoms with Crippen LogP contribution in [0.1, 0.15) is 82.5 Å². The zero-order valence-electron chi connectivity index (χ0n) is 13.4. The van der Waals surface area contributed by atoms with Crippen molar-refractivity contribution >= 4 is 16.9 Å². The smallest absolute Gasteiger partial charge is 0.0177 e. The van der Waals surface area contributed by atoms with Crippen molar-refractivity contribution in [3.05, 3.63) is 27.5 Å². The van der Waals surface area contributed by atoms with E-state index in [1.165, 1.54) is 30.6 Å². The third-order valence-corrected chi connectivity index (χ3v) is 5.78. The molecule has 0 fully saturated rings. The highest BCUT2D eigenvalue weighted by Gasteiger charge is 2.27. The molecule has 0 amide bonds. The van der Waals surface area contributed by atoms with Crippen molar-refractivity contribution in [2.75, 3.05) is 0 Å². The molecule has 0 saturated heterocycles. The quantitative estimate of drug-likeness (QED) is 0.564. The number of hydrogen-bond acceptors (Lipinski definition) is 1. The molecule has 0 nitrogen and oxygen atoms in total. The second-order valence-electron chi connectivity index (χ2n) is 7.83. The molecule has 1 aromatic heterocycles. The minimum Gasteiger partial charge on any atom is -0.144 e. The minimum atomic E-state index is 0.252. The highest BCUT2D eigenvalue weighted by Crippen LogP contribution is 2.43. The third kappa shape index (κ3) is 3.31. The molecule has 0 saturated carbocycles. The Morgan fingerprint density at radius 3 is 2.11 bits per heavy atom. The van der Waals surface area contributed by atoms with Crippen LogP contribution in [0.4, 0.5) is 0 Å². The number of allylic oxidation sites excluding steroid dienone is 2. The monoisotopic (exact) mass is 276 g/mol. The Kier molecular flexibility index (Phi) is 3.97. The van der Waals surface area contributed by atoms with Crippen molar-refractivity contribution in [3.63, 3.8) is 0 Å². The molecule has 0 spiro atoms. The van der Waals surface area contributed by atoms with Crippen LogP contribution in [-0.4, -0.2) is 0 Å². The van der Waals surface area contributed by atoms with Gasteiger partial charge in [0, 0.05) is 9.75 Å². The molecular weight excluding hydrogens is 248 g/mol. The summed E-state index contributed by atoms with van der Waals surface area (Å²) in [5.41, 5.74) is 3.66. The second-order valence-corrected chi connectivity index (χ2v) is 8.88. The van der Waals surface area contributed by atoms with Crippen molar-refractivity contribution < 1.29 is 0 Å². The molecule has 0 unspecified atom stereocenters. The highest BCUT2D eigenvalue weighted by molar-refractivity contribution is 7.12. The van der Waals surface area contributed by atoms with Crippen LogP contribution in [0.5, 0.6) is 0 Å². The van der Waals surface area contributed by atoms with Gasteiger partial charge in [-0.25, -0.2) is 0 Å². The predicted octanol–water partition coefficient (Wildman–Crippen LogP) is 6.30. The third-order valence-electron chi connectivity index (χ3n) is 3.79. The van der Waals surface area contributed by atoms with E-state index in [1.807, 2.05) is 11.3 Å². The maximum absolute atomic E-state index is 2.48. The lowest BCUT2D eigenvalue weighted by molar-refractivity contribution is 0.601. The fourth-order valence-corrected chi connectivity index (χ4v) is 3.95. The summed E-state index contributed by atoms with van der Waals surface area (Å²) in [5, 5.41) is 0. The zero-order valence-corrected chi connectivity index (χ0v) is 14.2. The Labute approximate surface area is 122 Å². The van der Waals surface area contributed by atoms with Gasteiger partial charge in [-0.15, -0.1) is 11.3 Å². The van der Waals surface area contributed by atoms with E-state index >= 15 is 0 Å². The molecule has 1 heterocycles. The molecule has 1 heteroatoms. The molecular formula is C18H28S. The van der Waals surface area contributed by atoms with E-state index in [0.717, 1.165) is 0 Å². The van der Waals surface area contributed by atoms with Gasteiger partial charge in [-0.2, -0.15) is 0 Å². The lowest BCUT2D eigenvalue weighted by Crippen LogP contribution is -2.11. The molecule has 19 heavy (non-hydrogen) atoms. The first kappa shape index (κ1) is 14.8. The van der Waals surface area contributed by atoms with E-state index in [0.29, 0.717) is 0 Å². The van der Waals surface area contributed by atoms with E-state index in [9.17, 15) is 0 Å². The van der Waals surface area contributed by atoms with Crippen LogP contribution in [0, 0.1) is 0 Å². The zero-order chi connectivity index (χ0) is 14.3. The van der Waals surface area contributed by atoms with E-state index in [1.54, 1.807) is 16.0 Å². The Balaban J connectivity index is 2.52. The molecule has 1 aliphatic carbocycles. The van der Waals surface area contributed by atoms with Crippen LogP contribution in [-0.2, 0) is 10.8 Å². The van der Waals surface area contributed by atoms with Gasteiger partial charge in [-0.1, -0.05) is 47.6 Å². The van der Waals surface area contributed by atoms with E-state index in [-0.39, 0.29) is 10.8 Å². The second kappa shape index (κ2) is 5.09. The van der Waals surface area contributed by atoms with Gasteiger partial charge in [0.2, 0.25) is 0 Å². The first-order chi connectivity index (χ1) is 8.69. The van der Waals surface area contributed by atoms with Gasteiger partial charge < -0.3 is 0 Å². The van der Waals surface area contributed by atoms with Crippen molar-refractivity contribution in [1.82, 2.24) is 0 Å². The molecule has 0 bridgehead atoms. The van der Waals surface area contributed by atoms with Gasteiger partial charge in [0.15, 0.2) is 0 Å². The van der Waals surface area contributed by atoms with Crippen molar-refractivity contribution in [1.29, 1.82) is 0 Å². The molecule has 0 aliphatic heterocycles. The summed E-state index contributed by atoms with van der Waals surface area (Å²) in [4.78, 5) is 3.10. The molecule has 0 radical (unpaired) electrons. The van der Waals surface area contributed by atoms with Crippen molar-refractivity contribution in [3.8, 4) is 0 Å². The predicted molar refractivity (Wildman–Crippen MR) is 88.2 cm³/mol. The van der Waals surface area contributed by atoms with Crippen molar-refractivity contribution in [2.24, 2.45) is 0 Å². The summed E-state index contributed by atoms with van der Waals surface area (Å²) in [6.07, 6.45) is 7.73. The Hall–Kier alpha value is -0.560. The topological polar surface area (TPSA) is 0 Å². The molecule has 106 valence electrons. The summed E-state index contributed by atoms with van der Waals surface area (Å²) in [5.74, 6) is 0. The molecule has 1 aromatic rings. The molecule has 1 aliphatic rings. The maximum Gasteiger partial charge on any atom is 0.0177 e. The van der Waals surface area contributed by atoms with Crippen LogP contribution in [0.3, 0.4) is 0 Å². The molecule has 0 aromatic carbocycles. The highest BCUT2D eigenvalue weighted by atomic mass is 32.1. The van der Waals surface area contributed by atoms with Crippen LogP contribution < -0.4 is 0 Å². The fraction of sp³-hybridized carbons (Fsp3) is 0.667. The molecule has 2 rings (SSSR count). The van der Waals surface area contributed by atoms with Gasteiger partial charge in [0.05, 0.1) is 0 Å². The van der Waals surface area contributed by atoms with Crippen LogP contribution in [0.25, 0.3) is 5.57 Å². The van der Waals surface area contributed by atoms with Gasteiger partial charge >= 0.3 is 0 Å². The Bertz CT molecular complexity index is 475. The summed E-state index contributed by atoms with van der Waals surface area (Å²) in [6.45, 7) is 14.0. The largest absolute Gasteiger partial charge is 0.144 e. The average molecular weight is 276 g/mol. The lowest BCUT2D eigenvalue weighted by atomic mass is 9.85. The summed E-state index contributed by atoms with van der Waals surface area (Å²) in [6, 6.07) is 2.47. The maximum atomic E-state index is 2.48. The normalized spacial score (nSPS) is 17.5. The number of hydrogen-bond donors (Lipinski definition) is 0. The molecule has 0 atom stereocenters. The van der Waals surface area contributed by atoms with E-state index in [2.05, 4.69) is 53.7 Å². The number of thiophene rings is 1. The van der Waals surface area contributed by atoms with Gasteiger partial charge in [-0.3, -0.25) is 0 Å². The summed E-state index contributed by atoms with van der Waals surface area (Å²) in [7, 11) is 0. The van der Waals surface area contributed by atoms with E-state index in [4.69, 9.17) is 0 Å². The van der Waals surface area contributed by atoms with Gasteiger partial charge in [0.25, 0.3) is 0 Å². The number of rotatable bonds is 1. The minimum absolute atomic E-state index is 0.252. The van der Waals surface area contributed by atoms with Crippen LogP contribution in [0.15, 0.2) is 12.1 Å². The van der Waals surface area contributed by atoms with Gasteiger partial charge in [0.1, 0.15) is 0 Å². The first-order valence-electron chi connectivity index (χ1n) is 7.54. The average Bonchev–Trinajstić information content (AvgIpc) is 2.74. The van der Waals surface area contributed by atoms with E-state index < -0.39 is 0 Å². The SMILES string of the molecule is CC(C)(C)c1cc(C2=CCCCC2)c(C(C)(C)C)s1. The van der Waals surface area contributed by atoms with Crippen LogP contribution in [0.2, 0.25) is 0 Å². The fourth-order valence-electron chi connectivity index (χ4n) is 2.64. The van der Waals surface area contributed by atoms with Crippen molar-refractivity contribution in [2.45, 2.75) is 78.1 Å². The lowest BCUT2D eigenvalue weighted by Gasteiger charge is -2.21. The summed E-state index contributed by atoms with van der Waals surface area (Å²) < 4.78 is 0. The standard InChI is InChI=1S/C18H28S/c1-17(2,3)15-12-14(13-10-8-7-9-11-13)16(19-15)18(4,5)6/h10,12H,7-9,11H2,1-6H3. The first-order valence-corrected chi connectivity index (χ1v) is 8.35. The molecule has 0 N–H and O–H groups in total. The van der Waals surface area contributed by atoms with Gasteiger partial charge in [-0.05, 0) is 53.7 Å². The van der Waals surface area contributed by atoms with Crippen LogP contribution >= 0.6 is 11.3 Å². The Morgan fingerprint density at radius 2 is 1.63 bits per heavy atom. The Morgan fingerprint density at radius 1 is 0.947 bits per heavy atom. The summed E-state index contributed by atoms with van der Waals surface area (Å²) >= 11 is 2.03.